The Labute approximate surface area is 230 Å². The minimum Gasteiger partial charge on any atom is -0.446 e. The summed E-state index contributed by atoms with van der Waals surface area (Å²) in [5.41, 5.74) is 7.05. The lowest BCUT2D eigenvalue weighted by molar-refractivity contribution is 0.0426. The number of nitrogens with two attached hydrogens (primary N) is 1. The van der Waals surface area contributed by atoms with Crippen molar-refractivity contribution in [3.05, 3.63) is 60.2 Å². The molecular weight excluding hydrogens is 522 g/mol. The summed E-state index contributed by atoms with van der Waals surface area (Å²) in [5.74, 6) is -0.0673. The molecule has 0 spiro atoms. The second-order valence-electron chi connectivity index (χ2n) is 10.9. The summed E-state index contributed by atoms with van der Waals surface area (Å²) in [5, 5.41) is 24.2. The fraction of sp³-hybridized carbons (Fsp3) is 0.536. The van der Waals surface area contributed by atoms with E-state index in [4.69, 9.17) is 15.2 Å². The van der Waals surface area contributed by atoms with Crippen LogP contribution in [0.3, 0.4) is 0 Å². The van der Waals surface area contributed by atoms with Gasteiger partial charge in [0.15, 0.2) is 0 Å². The molecule has 1 amide bonds. The first-order chi connectivity index (χ1) is 18.5. The molecule has 1 aliphatic heterocycles. The number of amides is 1. The number of ether oxygens (including phenoxy) is 2. The van der Waals surface area contributed by atoms with Gasteiger partial charge in [-0.25, -0.2) is 13.2 Å². The molecule has 0 bridgehead atoms. The van der Waals surface area contributed by atoms with Crippen LogP contribution in [-0.4, -0.2) is 79.2 Å². The largest absolute Gasteiger partial charge is 0.446 e. The van der Waals surface area contributed by atoms with Crippen molar-refractivity contribution in [2.75, 3.05) is 25.4 Å². The van der Waals surface area contributed by atoms with Gasteiger partial charge < -0.3 is 30.7 Å². The third-order valence-electron chi connectivity index (χ3n) is 7.30. The molecule has 10 nitrogen and oxygen atoms in total. The fourth-order valence-corrected chi connectivity index (χ4v) is 6.94. The van der Waals surface area contributed by atoms with Crippen molar-refractivity contribution in [1.82, 2.24) is 9.62 Å². The Kier molecular flexibility index (Phi) is 9.50. The molecule has 6 atom stereocenters. The molecule has 214 valence electrons. The molecule has 5 N–H and O–H groups in total. The highest BCUT2D eigenvalue weighted by molar-refractivity contribution is 7.89. The van der Waals surface area contributed by atoms with Gasteiger partial charge in [0, 0.05) is 31.1 Å². The number of nitrogens with one attached hydrogen (secondary N) is 1. The quantitative estimate of drug-likeness (QED) is 0.305. The van der Waals surface area contributed by atoms with Gasteiger partial charge in [-0.05, 0) is 48.6 Å². The number of aliphatic hydroxyl groups is 2. The lowest BCUT2D eigenvalue weighted by atomic mass is 10.0. The molecule has 4 rings (SSSR count). The average Bonchev–Trinajstić information content (AvgIpc) is 3.44. The number of nitrogens with zero attached hydrogens (tertiary/aromatic N) is 1. The molecule has 39 heavy (non-hydrogen) atoms. The van der Waals surface area contributed by atoms with Gasteiger partial charge in [0.05, 0.1) is 35.9 Å². The highest BCUT2D eigenvalue weighted by Crippen LogP contribution is 2.37. The third kappa shape index (κ3) is 7.49. The normalized spacial score (nSPS) is 24.5. The van der Waals surface area contributed by atoms with Crippen molar-refractivity contribution in [1.29, 1.82) is 0 Å². The van der Waals surface area contributed by atoms with Gasteiger partial charge in [-0.3, -0.25) is 0 Å². The van der Waals surface area contributed by atoms with Crippen LogP contribution in [0.25, 0.3) is 0 Å². The zero-order chi connectivity index (χ0) is 28.2. The Hall–Kier alpha value is -2.70. The number of alkyl carbamates (subject to hydrolysis) is 1. The number of benzene rings is 2. The van der Waals surface area contributed by atoms with E-state index in [1.807, 2.05) is 44.2 Å². The van der Waals surface area contributed by atoms with Gasteiger partial charge in [-0.15, -0.1) is 0 Å². The minimum absolute atomic E-state index is 0.00866. The van der Waals surface area contributed by atoms with Crippen molar-refractivity contribution >= 4 is 21.8 Å². The first-order valence-electron chi connectivity index (χ1n) is 13.4. The van der Waals surface area contributed by atoms with Crippen molar-refractivity contribution < 1.29 is 32.9 Å². The van der Waals surface area contributed by atoms with Crippen molar-refractivity contribution in [2.24, 2.45) is 11.8 Å². The number of hydrogen-bond acceptors (Lipinski definition) is 8. The molecule has 0 aromatic heterocycles. The minimum atomic E-state index is -3.94. The second-order valence-corrected chi connectivity index (χ2v) is 12.8. The summed E-state index contributed by atoms with van der Waals surface area (Å²) in [6.45, 7) is 4.04. The van der Waals surface area contributed by atoms with Crippen LogP contribution < -0.4 is 11.1 Å². The van der Waals surface area contributed by atoms with E-state index in [1.54, 1.807) is 0 Å². The maximum absolute atomic E-state index is 13.5. The molecule has 2 aliphatic rings. The van der Waals surface area contributed by atoms with E-state index < -0.39 is 40.5 Å². The standard InChI is InChI=1S/C28H39N3O7S/c1-18(2)15-31(39(35,36)22-10-8-20(29)9-11-22)16-25(32)24(12-19-6-4-3-5-7-19)30-28(34)38-21-13-23-26(33)17-37-27(23)14-21/h3-11,18,21,23-27,32-33H,12-17,29H2,1-2H3,(H,30,34)/t21-,23-,24+,25?,26+,27-/m1/s1. The van der Waals surface area contributed by atoms with Crippen LogP contribution in [-0.2, 0) is 25.9 Å². The van der Waals surface area contributed by atoms with Crippen molar-refractivity contribution in [3.63, 3.8) is 0 Å². The van der Waals surface area contributed by atoms with Gasteiger partial charge >= 0.3 is 6.09 Å². The Bertz CT molecular complexity index is 1190. The highest BCUT2D eigenvalue weighted by atomic mass is 32.2. The Morgan fingerprint density at radius 3 is 2.46 bits per heavy atom. The number of hydrogen-bond donors (Lipinski definition) is 4. The molecule has 11 heteroatoms. The molecule has 1 saturated heterocycles. The van der Waals surface area contributed by atoms with E-state index in [0.29, 0.717) is 25.1 Å². The van der Waals surface area contributed by atoms with Crippen LogP contribution in [0, 0.1) is 11.8 Å². The lowest BCUT2D eigenvalue weighted by Gasteiger charge is -2.31. The lowest BCUT2D eigenvalue weighted by Crippen LogP contribution is -2.51. The van der Waals surface area contributed by atoms with Crippen LogP contribution in [0.5, 0.6) is 0 Å². The predicted octanol–water partition coefficient (Wildman–Crippen LogP) is 2.15. The van der Waals surface area contributed by atoms with Gasteiger partial charge in [-0.2, -0.15) is 4.31 Å². The van der Waals surface area contributed by atoms with E-state index in [2.05, 4.69) is 5.32 Å². The Morgan fingerprint density at radius 2 is 1.82 bits per heavy atom. The average molecular weight is 562 g/mol. The van der Waals surface area contributed by atoms with Gasteiger partial charge in [0.25, 0.3) is 0 Å². The van der Waals surface area contributed by atoms with Crippen LogP contribution in [0.4, 0.5) is 10.5 Å². The van der Waals surface area contributed by atoms with Crippen LogP contribution in [0.2, 0.25) is 0 Å². The summed E-state index contributed by atoms with van der Waals surface area (Å²) in [4.78, 5) is 13.0. The van der Waals surface area contributed by atoms with E-state index in [1.165, 1.54) is 28.6 Å². The van der Waals surface area contributed by atoms with E-state index >= 15 is 0 Å². The monoisotopic (exact) mass is 561 g/mol. The summed E-state index contributed by atoms with van der Waals surface area (Å²) in [6.07, 6.45) is -1.75. The van der Waals surface area contributed by atoms with Crippen LogP contribution >= 0.6 is 0 Å². The molecule has 1 heterocycles. The van der Waals surface area contributed by atoms with Gasteiger partial charge in [-0.1, -0.05) is 44.2 Å². The zero-order valence-electron chi connectivity index (χ0n) is 22.3. The summed E-state index contributed by atoms with van der Waals surface area (Å²) < 4.78 is 39.5. The maximum atomic E-state index is 13.5. The van der Waals surface area contributed by atoms with Crippen molar-refractivity contribution in [3.8, 4) is 0 Å². The molecule has 2 aromatic carbocycles. The smallest absolute Gasteiger partial charge is 0.407 e. The number of carbonyl (C=O) groups excluding carboxylic acids is 1. The molecule has 2 aromatic rings. The van der Waals surface area contributed by atoms with Crippen LogP contribution in [0.1, 0.15) is 32.3 Å². The summed E-state index contributed by atoms with van der Waals surface area (Å²) >= 11 is 0. The first kappa shape index (κ1) is 29.3. The first-order valence-corrected chi connectivity index (χ1v) is 14.8. The Balaban J connectivity index is 1.48. The van der Waals surface area contributed by atoms with E-state index in [-0.39, 0.29) is 42.3 Å². The summed E-state index contributed by atoms with van der Waals surface area (Å²) in [7, 11) is -3.94. The van der Waals surface area contributed by atoms with Crippen LogP contribution in [0.15, 0.2) is 59.5 Å². The molecule has 2 fully saturated rings. The van der Waals surface area contributed by atoms with Gasteiger partial charge in [0.2, 0.25) is 10.0 Å². The predicted molar refractivity (Wildman–Crippen MR) is 146 cm³/mol. The molecule has 0 radical (unpaired) electrons. The number of nitrogen functional groups attached to an aromatic ring is 1. The fourth-order valence-electron chi connectivity index (χ4n) is 5.31. The molecule has 1 saturated carbocycles. The number of anilines is 1. The molecule has 1 unspecified atom stereocenters. The second kappa shape index (κ2) is 12.6. The van der Waals surface area contributed by atoms with E-state index in [0.717, 1.165) is 5.56 Å². The molecular formula is C28H39N3O7S. The maximum Gasteiger partial charge on any atom is 0.407 e. The number of fused-ring (bicyclic) bond motifs is 1. The van der Waals surface area contributed by atoms with E-state index in [9.17, 15) is 23.4 Å². The third-order valence-corrected chi connectivity index (χ3v) is 9.15. The number of carbonyl (C=O) groups is 1. The molecule has 1 aliphatic carbocycles. The number of sulfonamides is 1. The SMILES string of the molecule is CC(C)CN(CC(O)[C@H](Cc1ccccc1)NC(=O)O[C@@H]1C[C@@H]2[C@@H](O)CO[C@@H]2C1)S(=O)(=O)c1ccc(N)cc1. The zero-order valence-corrected chi connectivity index (χ0v) is 23.2. The number of aliphatic hydroxyl groups excluding tert-OH is 2. The Morgan fingerprint density at radius 1 is 1.13 bits per heavy atom. The highest BCUT2D eigenvalue weighted by Gasteiger charge is 2.45. The summed E-state index contributed by atoms with van der Waals surface area (Å²) in [6, 6.07) is 14.4. The topological polar surface area (TPSA) is 151 Å². The number of rotatable bonds is 11. The van der Waals surface area contributed by atoms with Gasteiger partial charge in [0.1, 0.15) is 6.10 Å². The van der Waals surface area contributed by atoms with Crippen molar-refractivity contribution in [2.45, 2.75) is 68.5 Å².